The molecule has 5 rings (SSSR count). The maximum atomic E-state index is 9.33. The predicted molar refractivity (Wildman–Crippen MR) is 115 cm³/mol. The van der Waals surface area contributed by atoms with Gasteiger partial charge in [0.25, 0.3) is 0 Å². The summed E-state index contributed by atoms with van der Waals surface area (Å²) in [6.07, 6.45) is 2.05. The molecule has 2 aromatic carbocycles. The Labute approximate surface area is 170 Å². The van der Waals surface area contributed by atoms with Crippen molar-refractivity contribution in [1.82, 2.24) is 9.88 Å². The largest absolute Gasteiger partial charge is 0.462 e. The number of hydrogen-bond donors (Lipinski definition) is 2. The molecule has 0 aliphatic carbocycles. The first-order valence-electron chi connectivity index (χ1n) is 10.4. The van der Waals surface area contributed by atoms with E-state index in [1.807, 2.05) is 12.1 Å². The molecule has 4 heteroatoms. The Bertz CT molecular complexity index is 1120. The van der Waals surface area contributed by atoms with Crippen molar-refractivity contribution in [1.29, 1.82) is 0 Å². The van der Waals surface area contributed by atoms with Crippen LogP contribution in [0.1, 0.15) is 46.9 Å². The Morgan fingerprint density at radius 2 is 1.83 bits per heavy atom. The molecule has 1 aliphatic rings. The van der Waals surface area contributed by atoms with E-state index in [1.54, 1.807) is 0 Å². The number of aromatic nitrogens is 1. The number of aliphatic hydroxyl groups is 1. The quantitative estimate of drug-likeness (QED) is 0.509. The van der Waals surface area contributed by atoms with Gasteiger partial charge in [-0.1, -0.05) is 49.4 Å². The van der Waals surface area contributed by atoms with Crippen LogP contribution >= 0.6 is 0 Å². The molecule has 0 spiro atoms. The fourth-order valence-electron chi connectivity index (χ4n) is 4.57. The van der Waals surface area contributed by atoms with E-state index in [9.17, 15) is 5.11 Å². The number of aryl methyl sites for hydroxylation is 1. The van der Waals surface area contributed by atoms with Crippen LogP contribution in [0.15, 0.2) is 65.1 Å². The summed E-state index contributed by atoms with van der Waals surface area (Å²) in [7, 11) is 0. The van der Waals surface area contributed by atoms with E-state index in [4.69, 9.17) is 4.42 Å². The topological polar surface area (TPSA) is 52.4 Å². The van der Waals surface area contributed by atoms with E-state index < -0.39 is 0 Å². The predicted octanol–water partition coefficient (Wildman–Crippen LogP) is 4.96. The zero-order chi connectivity index (χ0) is 19.8. The van der Waals surface area contributed by atoms with Crippen molar-refractivity contribution >= 4 is 10.9 Å². The van der Waals surface area contributed by atoms with Crippen LogP contribution < -0.4 is 0 Å². The van der Waals surface area contributed by atoms with Gasteiger partial charge in [0, 0.05) is 23.1 Å². The molecule has 0 saturated heterocycles. The van der Waals surface area contributed by atoms with Gasteiger partial charge in [-0.15, -0.1) is 0 Å². The Kier molecular flexibility index (Phi) is 4.74. The summed E-state index contributed by atoms with van der Waals surface area (Å²) in [6.45, 7) is 3.81. The van der Waals surface area contributed by atoms with Crippen molar-refractivity contribution in [3.63, 3.8) is 0 Å². The third-order valence-corrected chi connectivity index (χ3v) is 6.07. The number of hydrogen-bond acceptors (Lipinski definition) is 3. The normalized spacial score (nSPS) is 17.0. The van der Waals surface area contributed by atoms with Gasteiger partial charge in [0.15, 0.2) is 0 Å². The summed E-state index contributed by atoms with van der Waals surface area (Å²) >= 11 is 0. The molecule has 0 bridgehead atoms. The number of aliphatic hydroxyl groups excluding tert-OH is 1. The van der Waals surface area contributed by atoms with Gasteiger partial charge < -0.3 is 14.5 Å². The smallest absolute Gasteiger partial charge is 0.129 e. The van der Waals surface area contributed by atoms with Gasteiger partial charge in [-0.3, -0.25) is 4.90 Å². The van der Waals surface area contributed by atoms with Crippen LogP contribution in [-0.2, 0) is 26.0 Å². The van der Waals surface area contributed by atoms with Crippen LogP contribution in [-0.4, -0.2) is 21.5 Å². The standard InChI is InChI=1S/C25H26N2O2/c1-2-17-7-9-18(10-8-17)25-24-22(21-5-3-4-6-23(21)26-24)13-14-27(25)15-19-11-12-20(16-28)29-19/h3-12,25-26,28H,2,13-16H2,1H3/t25-/m0/s1. The van der Waals surface area contributed by atoms with Crippen molar-refractivity contribution in [2.24, 2.45) is 0 Å². The van der Waals surface area contributed by atoms with E-state index >= 15 is 0 Å². The molecule has 4 aromatic rings. The second-order valence-electron chi connectivity index (χ2n) is 7.81. The minimum absolute atomic E-state index is 0.0614. The summed E-state index contributed by atoms with van der Waals surface area (Å²) in [5.74, 6) is 1.51. The second kappa shape index (κ2) is 7.54. The highest BCUT2D eigenvalue weighted by Crippen LogP contribution is 2.39. The molecule has 2 N–H and O–H groups in total. The molecule has 148 valence electrons. The van der Waals surface area contributed by atoms with Gasteiger partial charge >= 0.3 is 0 Å². The molecule has 2 aromatic heterocycles. The molecule has 4 nitrogen and oxygen atoms in total. The van der Waals surface area contributed by atoms with Gasteiger partial charge in [-0.25, -0.2) is 0 Å². The van der Waals surface area contributed by atoms with Gasteiger partial charge in [-0.2, -0.15) is 0 Å². The summed E-state index contributed by atoms with van der Waals surface area (Å²) in [5, 5.41) is 10.7. The first-order chi connectivity index (χ1) is 14.3. The van der Waals surface area contributed by atoms with Crippen molar-refractivity contribution in [3.05, 3.63) is 94.6 Å². The van der Waals surface area contributed by atoms with E-state index in [0.717, 1.165) is 31.7 Å². The van der Waals surface area contributed by atoms with Crippen molar-refractivity contribution in [2.45, 2.75) is 39.0 Å². The number of nitrogens with one attached hydrogen (secondary N) is 1. The van der Waals surface area contributed by atoms with Crippen LogP contribution in [0.4, 0.5) is 0 Å². The minimum Gasteiger partial charge on any atom is -0.462 e. The molecule has 29 heavy (non-hydrogen) atoms. The maximum Gasteiger partial charge on any atom is 0.129 e. The lowest BCUT2D eigenvalue weighted by Crippen LogP contribution is -2.35. The third-order valence-electron chi connectivity index (χ3n) is 6.07. The maximum absolute atomic E-state index is 9.33. The summed E-state index contributed by atoms with van der Waals surface area (Å²) < 4.78 is 5.80. The highest BCUT2D eigenvalue weighted by Gasteiger charge is 2.32. The van der Waals surface area contributed by atoms with E-state index in [2.05, 4.69) is 65.3 Å². The second-order valence-corrected chi connectivity index (χ2v) is 7.81. The minimum atomic E-state index is -0.0614. The average molecular weight is 386 g/mol. The SMILES string of the molecule is CCc1ccc([C@H]2c3[nH]c4ccccc4c3CCN2Cc2ccc(CO)o2)cc1. The molecular formula is C25H26N2O2. The van der Waals surface area contributed by atoms with Crippen molar-refractivity contribution < 1.29 is 9.52 Å². The number of fused-ring (bicyclic) bond motifs is 3. The molecule has 0 amide bonds. The summed E-state index contributed by atoms with van der Waals surface area (Å²) in [6, 6.07) is 21.6. The Morgan fingerprint density at radius 1 is 1.03 bits per heavy atom. The molecule has 1 aliphatic heterocycles. The van der Waals surface area contributed by atoms with E-state index in [1.165, 1.54) is 33.3 Å². The molecule has 0 unspecified atom stereocenters. The Morgan fingerprint density at radius 3 is 2.59 bits per heavy atom. The van der Waals surface area contributed by atoms with Gasteiger partial charge in [0.2, 0.25) is 0 Å². The lowest BCUT2D eigenvalue weighted by molar-refractivity contribution is 0.179. The fraction of sp³-hybridized carbons (Fsp3) is 0.280. The van der Waals surface area contributed by atoms with E-state index in [0.29, 0.717) is 5.76 Å². The zero-order valence-electron chi connectivity index (χ0n) is 16.7. The number of H-pyrrole nitrogens is 1. The van der Waals surface area contributed by atoms with Crippen LogP contribution in [0.3, 0.4) is 0 Å². The number of benzene rings is 2. The van der Waals surface area contributed by atoms with Crippen LogP contribution in [0.25, 0.3) is 10.9 Å². The highest BCUT2D eigenvalue weighted by molar-refractivity contribution is 5.85. The first kappa shape index (κ1) is 18.2. The molecule has 3 heterocycles. The number of aromatic amines is 1. The van der Waals surface area contributed by atoms with Gasteiger partial charge in [0.05, 0.1) is 12.6 Å². The van der Waals surface area contributed by atoms with E-state index in [-0.39, 0.29) is 12.6 Å². The van der Waals surface area contributed by atoms with Crippen molar-refractivity contribution in [3.8, 4) is 0 Å². The van der Waals surface area contributed by atoms with Crippen LogP contribution in [0.2, 0.25) is 0 Å². The molecule has 0 radical (unpaired) electrons. The fourth-order valence-corrected chi connectivity index (χ4v) is 4.57. The summed E-state index contributed by atoms with van der Waals surface area (Å²) in [5.41, 5.74) is 6.57. The summed E-state index contributed by atoms with van der Waals surface area (Å²) in [4.78, 5) is 6.18. The van der Waals surface area contributed by atoms with Gasteiger partial charge in [-0.05, 0) is 47.7 Å². The first-order valence-corrected chi connectivity index (χ1v) is 10.4. The Balaban J connectivity index is 1.58. The lowest BCUT2D eigenvalue weighted by atomic mass is 9.91. The Hall–Kier alpha value is -2.82. The van der Waals surface area contributed by atoms with Crippen LogP contribution in [0, 0.1) is 0 Å². The third kappa shape index (κ3) is 3.28. The average Bonchev–Trinajstić information content (AvgIpc) is 3.38. The number of rotatable bonds is 5. The number of furan rings is 1. The molecule has 1 atom stereocenters. The molecule has 0 fully saturated rings. The highest BCUT2D eigenvalue weighted by atomic mass is 16.4. The molecule has 0 saturated carbocycles. The zero-order valence-corrected chi connectivity index (χ0v) is 16.7. The van der Waals surface area contributed by atoms with Crippen LogP contribution in [0.5, 0.6) is 0 Å². The monoisotopic (exact) mass is 386 g/mol. The number of nitrogens with zero attached hydrogens (tertiary/aromatic N) is 1. The molecular weight excluding hydrogens is 360 g/mol. The van der Waals surface area contributed by atoms with Crippen molar-refractivity contribution in [2.75, 3.05) is 6.54 Å². The lowest BCUT2D eigenvalue weighted by Gasteiger charge is -2.35. The number of para-hydroxylation sites is 1. The van der Waals surface area contributed by atoms with Gasteiger partial charge in [0.1, 0.15) is 18.1 Å².